The van der Waals surface area contributed by atoms with Gasteiger partial charge in [-0.25, -0.2) is 14.8 Å². The summed E-state index contributed by atoms with van der Waals surface area (Å²) >= 11 is 0. The van der Waals surface area contributed by atoms with Gasteiger partial charge < -0.3 is 29.6 Å². The quantitative estimate of drug-likeness (QED) is 0.147. The number of anilines is 3. The summed E-state index contributed by atoms with van der Waals surface area (Å²) in [5.74, 6) is 0.0336. The van der Waals surface area contributed by atoms with Crippen LogP contribution >= 0.6 is 0 Å². The highest BCUT2D eigenvalue weighted by molar-refractivity contribution is 6.03. The van der Waals surface area contributed by atoms with Gasteiger partial charge >= 0.3 is 5.97 Å². The lowest BCUT2D eigenvalue weighted by Crippen LogP contribution is -2.25. The van der Waals surface area contributed by atoms with Crippen LogP contribution in [0.3, 0.4) is 0 Å². The Labute approximate surface area is 237 Å². The van der Waals surface area contributed by atoms with Crippen LogP contribution in [0, 0.1) is 10.1 Å². The van der Waals surface area contributed by atoms with Crippen molar-refractivity contribution in [3.05, 3.63) is 64.5 Å². The second kappa shape index (κ2) is 11.8. The van der Waals surface area contributed by atoms with Crippen LogP contribution < -0.4 is 15.4 Å². The number of para-hydroxylation sites is 1. The van der Waals surface area contributed by atoms with E-state index in [0.29, 0.717) is 35.9 Å². The number of likely N-dealkylation sites (N-methyl/N-ethyl adjacent to an activating group) is 1. The highest BCUT2D eigenvalue weighted by Gasteiger charge is 2.27. The summed E-state index contributed by atoms with van der Waals surface area (Å²) in [7, 11) is 7.26. The first-order valence-corrected chi connectivity index (χ1v) is 13.4. The van der Waals surface area contributed by atoms with E-state index < -0.39 is 10.9 Å². The summed E-state index contributed by atoms with van der Waals surface area (Å²) in [4.78, 5) is 35.8. The summed E-state index contributed by atoms with van der Waals surface area (Å²) in [6.07, 6.45) is 5.96. The lowest BCUT2D eigenvalue weighted by Gasteiger charge is -2.25. The average molecular weight is 560 g/mol. The molecule has 214 valence electrons. The van der Waals surface area contributed by atoms with Crippen LogP contribution in [0.1, 0.15) is 29.6 Å². The van der Waals surface area contributed by atoms with Crippen molar-refractivity contribution in [1.29, 1.82) is 0 Å². The third-order valence-corrected chi connectivity index (χ3v) is 7.12. The second-order valence-corrected chi connectivity index (χ2v) is 10.3. The third-order valence-electron chi connectivity index (χ3n) is 7.12. The SMILES string of the molecule is COc1cc(NCCN(C)C)c([N+](=O)[O-])cc1Nc1ncc(C(=O)OC2CCC2)c(-c2cn(C)c3ccccc23)n1. The lowest BCUT2D eigenvalue weighted by molar-refractivity contribution is -0.383. The number of aryl methyl sites for hydroxylation is 1. The van der Waals surface area contributed by atoms with Gasteiger partial charge in [0.15, 0.2) is 0 Å². The number of ether oxygens (including phenoxy) is 2. The largest absolute Gasteiger partial charge is 0.494 e. The molecule has 2 aromatic heterocycles. The van der Waals surface area contributed by atoms with Gasteiger partial charge in [-0.05, 0) is 39.4 Å². The minimum atomic E-state index is -0.481. The van der Waals surface area contributed by atoms with E-state index in [4.69, 9.17) is 14.5 Å². The maximum absolute atomic E-state index is 13.2. The Morgan fingerprint density at radius 2 is 2.00 bits per heavy atom. The van der Waals surface area contributed by atoms with Crippen molar-refractivity contribution in [3.63, 3.8) is 0 Å². The number of hydrogen-bond donors (Lipinski definition) is 2. The van der Waals surface area contributed by atoms with Gasteiger partial charge in [-0.3, -0.25) is 10.1 Å². The summed E-state index contributed by atoms with van der Waals surface area (Å²) in [5, 5.41) is 19.0. The minimum absolute atomic E-state index is 0.102. The van der Waals surface area contributed by atoms with Crippen LogP contribution in [0.5, 0.6) is 5.75 Å². The van der Waals surface area contributed by atoms with Gasteiger partial charge in [0.1, 0.15) is 23.1 Å². The molecular formula is C29H33N7O5. The molecule has 5 rings (SSSR count). The Morgan fingerprint density at radius 1 is 1.22 bits per heavy atom. The Balaban J connectivity index is 1.54. The number of benzene rings is 2. The van der Waals surface area contributed by atoms with E-state index in [0.717, 1.165) is 35.7 Å². The van der Waals surface area contributed by atoms with E-state index in [-0.39, 0.29) is 23.3 Å². The molecule has 2 aromatic carbocycles. The molecule has 12 heteroatoms. The molecule has 0 radical (unpaired) electrons. The lowest BCUT2D eigenvalue weighted by atomic mass is 9.96. The van der Waals surface area contributed by atoms with Crippen LogP contribution in [0.15, 0.2) is 48.8 Å². The number of methoxy groups -OCH3 is 1. The summed E-state index contributed by atoms with van der Waals surface area (Å²) in [6, 6.07) is 10.8. The predicted molar refractivity (Wildman–Crippen MR) is 157 cm³/mol. The molecule has 2 N–H and O–H groups in total. The number of carbonyl (C=O) groups excluding carboxylic acids is 1. The number of nitrogens with zero attached hydrogens (tertiary/aromatic N) is 5. The zero-order valence-electron chi connectivity index (χ0n) is 23.5. The average Bonchev–Trinajstić information content (AvgIpc) is 3.27. The first kappa shape index (κ1) is 27.8. The van der Waals surface area contributed by atoms with Crippen LogP contribution in [0.2, 0.25) is 0 Å². The standard InChI is InChI=1S/C29H33N7O5/c1-34(2)13-12-30-22-15-26(40-4)23(14-25(22)36(38)39)32-29-31-16-20(28(37)41-18-8-7-9-18)27(33-29)21-17-35(3)24-11-6-5-10-19(21)24/h5-6,10-11,14-18,30H,7-9,12-13H2,1-4H3,(H,31,32,33). The van der Waals surface area contributed by atoms with Crippen molar-refractivity contribution in [2.45, 2.75) is 25.4 Å². The Hall–Kier alpha value is -4.71. The number of aromatic nitrogens is 3. The van der Waals surface area contributed by atoms with E-state index in [1.54, 1.807) is 6.07 Å². The molecule has 0 atom stereocenters. The fourth-order valence-corrected chi connectivity index (χ4v) is 4.69. The maximum atomic E-state index is 13.2. The Kier molecular flexibility index (Phi) is 8.02. The van der Waals surface area contributed by atoms with E-state index in [2.05, 4.69) is 15.6 Å². The third kappa shape index (κ3) is 5.92. The number of nitro groups is 1. The number of fused-ring (bicyclic) bond motifs is 1. The summed E-state index contributed by atoms with van der Waals surface area (Å²) < 4.78 is 13.2. The summed E-state index contributed by atoms with van der Waals surface area (Å²) in [6.45, 7) is 1.21. The van der Waals surface area contributed by atoms with Crippen molar-refractivity contribution < 1.29 is 19.2 Å². The monoisotopic (exact) mass is 559 g/mol. The fourth-order valence-electron chi connectivity index (χ4n) is 4.69. The first-order chi connectivity index (χ1) is 19.7. The van der Waals surface area contributed by atoms with Gasteiger partial charge in [0.2, 0.25) is 5.95 Å². The van der Waals surface area contributed by atoms with Gasteiger partial charge in [-0.1, -0.05) is 18.2 Å². The molecule has 41 heavy (non-hydrogen) atoms. The van der Waals surface area contributed by atoms with Gasteiger partial charge in [-0.15, -0.1) is 0 Å². The number of carbonyl (C=O) groups is 1. The smallest absolute Gasteiger partial charge is 0.342 e. The van der Waals surface area contributed by atoms with Crippen molar-refractivity contribution in [1.82, 2.24) is 19.4 Å². The molecular weight excluding hydrogens is 526 g/mol. The van der Waals surface area contributed by atoms with E-state index in [1.165, 1.54) is 19.4 Å². The maximum Gasteiger partial charge on any atom is 0.342 e. The molecule has 2 heterocycles. The van der Waals surface area contributed by atoms with Crippen molar-refractivity contribution >= 4 is 39.9 Å². The van der Waals surface area contributed by atoms with E-state index >= 15 is 0 Å². The van der Waals surface area contributed by atoms with E-state index in [1.807, 2.05) is 61.1 Å². The Bertz CT molecular complexity index is 1600. The van der Waals surface area contributed by atoms with Gasteiger partial charge in [0.25, 0.3) is 5.69 Å². The molecule has 1 saturated carbocycles. The molecule has 4 aromatic rings. The van der Waals surface area contributed by atoms with Crippen molar-refractivity contribution in [2.75, 3.05) is 44.9 Å². The van der Waals surface area contributed by atoms with Crippen molar-refractivity contribution in [2.24, 2.45) is 7.05 Å². The normalized spacial score (nSPS) is 13.2. The molecule has 0 spiro atoms. The zero-order chi connectivity index (χ0) is 29.1. The Morgan fingerprint density at radius 3 is 2.68 bits per heavy atom. The summed E-state index contributed by atoms with van der Waals surface area (Å²) in [5.41, 5.74) is 2.89. The molecule has 1 fully saturated rings. The number of rotatable bonds is 11. The predicted octanol–water partition coefficient (Wildman–Crippen LogP) is 4.98. The molecule has 12 nitrogen and oxygen atoms in total. The molecule has 0 bridgehead atoms. The molecule has 0 aliphatic heterocycles. The van der Waals surface area contributed by atoms with Crippen LogP contribution in [-0.4, -0.2) is 70.7 Å². The minimum Gasteiger partial charge on any atom is -0.494 e. The molecule has 0 amide bonds. The molecule has 0 saturated heterocycles. The zero-order valence-corrected chi connectivity index (χ0v) is 23.5. The van der Waals surface area contributed by atoms with Gasteiger partial charge in [0, 0.05) is 61.1 Å². The number of nitrogens with one attached hydrogen (secondary N) is 2. The molecule has 1 aliphatic carbocycles. The van der Waals surface area contributed by atoms with Crippen LogP contribution in [-0.2, 0) is 11.8 Å². The topological polar surface area (TPSA) is 137 Å². The first-order valence-electron chi connectivity index (χ1n) is 13.4. The number of nitro benzene ring substituents is 1. The van der Waals surface area contributed by atoms with Gasteiger partial charge in [-0.2, -0.15) is 0 Å². The van der Waals surface area contributed by atoms with Crippen LogP contribution in [0.4, 0.5) is 23.0 Å². The highest BCUT2D eigenvalue weighted by Crippen LogP contribution is 2.38. The van der Waals surface area contributed by atoms with E-state index in [9.17, 15) is 14.9 Å². The molecule has 0 unspecified atom stereocenters. The van der Waals surface area contributed by atoms with Crippen molar-refractivity contribution in [3.8, 4) is 17.0 Å². The molecule has 1 aliphatic rings. The highest BCUT2D eigenvalue weighted by atomic mass is 16.6. The van der Waals surface area contributed by atoms with Crippen LogP contribution in [0.25, 0.3) is 22.2 Å². The second-order valence-electron chi connectivity index (χ2n) is 10.3. The number of hydrogen-bond acceptors (Lipinski definition) is 10. The van der Waals surface area contributed by atoms with Gasteiger partial charge in [0.05, 0.1) is 23.4 Å². The number of esters is 1. The fraction of sp³-hybridized carbons (Fsp3) is 0.345.